The molecule has 0 N–H and O–H groups in total. The predicted molar refractivity (Wildman–Crippen MR) is 58.5 cm³/mol. The van der Waals surface area contributed by atoms with Crippen molar-refractivity contribution in [1.29, 1.82) is 0 Å². The predicted octanol–water partition coefficient (Wildman–Crippen LogP) is 2.45. The highest BCUT2D eigenvalue weighted by Crippen LogP contribution is 2.34. The quantitative estimate of drug-likeness (QED) is 0.566. The molecular weight excluding hydrogens is 210 g/mol. The smallest absolute Gasteiger partial charge is 0.363 e. The molecule has 76 valence electrons. The molecule has 4 heteroatoms. The zero-order chi connectivity index (χ0) is 10.3. The van der Waals surface area contributed by atoms with Crippen LogP contribution in [0.4, 0.5) is 0 Å². The number of rotatable bonds is 2. The van der Waals surface area contributed by atoms with Gasteiger partial charge in [0.25, 0.3) is 0 Å². The van der Waals surface area contributed by atoms with Gasteiger partial charge in [0.1, 0.15) is 0 Å². The van der Waals surface area contributed by atoms with Crippen LogP contribution in [0.1, 0.15) is 17.7 Å². The molecule has 2 heterocycles. The number of nitrogens with zero attached hydrogens (tertiary/aromatic N) is 1. The number of carbonyl (C=O) groups excluding carboxylic acids is 1. The Bertz CT molecular complexity index is 455. The summed E-state index contributed by atoms with van der Waals surface area (Å²) < 4.78 is 5.09. The lowest BCUT2D eigenvalue weighted by molar-refractivity contribution is -0.130. The molecule has 0 spiro atoms. The minimum atomic E-state index is -0.315. The summed E-state index contributed by atoms with van der Waals surface area (Å²) in [4.78, 5) is 16.7. The molecule has 0 saturated heterocycles. The third-order valence-corrected chi connectivity index (χ3v) is 3.21. The van der Waals surface area contributed by atoms with E-state index in [4.69, 9.17) is 4.74 Å². The zero-order valence-electron chi connectivity index (χ0n) is 7.97. The Kier molecular flexibility index (Phi) is 1.95. The lowest BCUT2D eigenvalue weighted by Crippen LogP contribution is -2.05. The summed E-state index contributed by atoms with van der Waals surface area (Å²) in [5.74, 6) is 0.691. The number of thiophene rings is 1. The molecule has 1 aliphatic heterocycles. The van der Waals surface area contributed by atoms with Crippen LogP contribution in [0, 0.1) is 5.92 Å². The Morgan fingerprint density at radius 1 is 1.53 bits per heavy atom. The maximum Gasteiger partial charge on any atom is 0.363 e. The van der Waals surface area contributed by atoms with E-state index >= 15 is 0 Å². The van der Waals surface area contributed by atoms with Gasteiger partial charge in [-0.25, -0.2) is 9.79 Å². The van der Waals surface area contributed by atoms with E-state index in [2.05, 4.69) is 4.99 Å². The SMILES string of the molecule is O=C1OC(C2CC2)=N/C1=C/c1cccs1. The van der Waals surface area contributed by atoms with Crippen molar-refractivity contribution < 1.29 is 9.53 Å². The summed E-state index contributed by atoms with van der Waals surface area (Å²) in [5.41, 5.74) is 0.430. The minimum Gasteiger partial charge on any atom is -0.406 e. The molecule has 1 fully saturated rings. The van der Waals surface area contributed by atoms with Gasteiger partial charge >= 0.3 is 5.97 Å². The van der Waals surface area contributed by atoms with Crippen LogP contribution in [-0.4, -0.2) is 11.9 Å². The van der Waals surface area contributed by atoms with Gasteiger partial charge in [0.15, 0.2) is 5.70 Å². The molecule has 1 aliphatic carbocycles. The van der Waals surface area contributed by atoms with Gasteiger partial charge in [-0.1, -0.05) is 6.07 Å². The fourth-order valence-corrected chi connectivity index (χ4v) is 2.09. The fourth-order valence-electron chi connectivity index (χ4n) is 1.44. The summed E-state index contributed by atoms with van der Waals surface area (Å²) in [6.07, 6.45) is 3.97. The molecule has 0 atom stereocenters. The molecule has 1 aromatic rings. The molecule has 0 bridgehead atoms. The number of carbonyl (C=O) groups is 1. The molecule has 3 nitrogen and oxygen atoms in total. The second-order valence-corrected chi connectivity index (χ2v) is 4.64. The third kappa shape index (κ3) is 1.72. The van der Waals surface area contributed by atoms with Crippen LogP contribution in [0.15, 0.2) is 28.2 Å². The van der Waals surface area contributed by atoms with E-state index in [1.807, 2.05) is 17.5 Å². The summed E-state index contributed by atoms with van der Waals surface area (Å²) in [7, 11) is 0. The maximum atomic E-state index is 11.4. The summed E-state index contributed by atoms with van der Waals surface area (Å²) in [6.45, 7) is 0. The van der Waals surface area contributed by atoms with Crippen molar-refractivity contribution in [2.75, 3.05) is 0 Å². The van der Waals surface area contributed by atoms with Crippen molar-refractivity contribution in [2.24, 2.45) is 10.9 Å². The van der Waals surface area contributed by atoms with Crippen molar-refractivity contribution >= 4 is 29.3 Å². The first-order chi connectivity index (χ1) is 7.33. The monoisotopic (exact) mass is 219 g/mol. The van der Waals surface area contributed by atoms with Crippen LogP contribution in [0.25, 0.3) is 6.08 Å². The maximum absolute atomic E-state index is 11.4. The van der Waals surface area contributed by atoms with Crippen LogP contribution in [-0.2, 0) is 9.53 Å². The number of hydrogen-bond acceptors (Lipinski definition) is 4. The van der Waals surface area contributed by atoms with Gasteiger partial charge in [-0.15, -0.1) is 11.3 Å². The van der Waals surface area contributed by atoms with Crippen LogP contribution in [0.5, 0.6) is 0 Å². The Labute approximate surface area is 91.1 Å². The normalized spacial score (nSPS) is 23.1. The Morgan fingerprint density at radius 2 is 2.40 bits per heavy atom. The highest BCUT2D eigenvalue weighted by Gasteiger charge is 2.35. The molecule has 0 amide bonds. The molecule has 3 rings (SSSR count). The first kappa shape index (κ1) is 8.85. The summed E-state index contributed by atoms with van der Waals surface area (Å²) in [6, 6.07) is 3.90. The van der Waals surface area contributed by atoms with Crippen molar-refractivity contribution in [2.45, 2.75) is 12.8 Å². The van der Waals surface area contributed by atoms with Gasteiger partial charge in [0.2, 0.25) is 5.90 Å². The van der Waals surface area contributed by atoms with Gasteiger partial charge in [0, 0.05) is 10.8 Å². The standard InChI is InChI=1S/C11H9NO2S/c13-11-9(6-8-2-1-5-15-8)12-10(14-11)7-3-4-7/h1-2,5-7H,3-4H2/b9-6+. The largest absolute Gasteiger partial charge is 0.406 e. The molecule has 1 aromatic heterocycles. The highest BCUT2D eigenvalue weighted by molar-refractivity contribution is 7.10. The molecule has 15 heavy (non-hydrogen) atoms. The number of cyclic esters (lactones) is 1. The van der Waals surface area contributed by atoms with Crippen molar-refractivity contribution in [3.8, 4) is 0 Å². The van der Waals surface area contributed by atoms with Gasteiger partial charge < -0.3 is 4.74 Å². The highest BCUT2D eigenvalue weighted by atomic mass is 32.1. The van der Waals surface area contributed by atoms with E-state index < -0.39 is 0 Å². The zero-order valence-corrected chi connectivity index (χ0v) is 8.79. The Morgan fingerprint density at radius 3 is 3.07 bits per heavy atom. The molecule has 0 unspecified atom stereocenters. The molecule has 1 saturated carbocycles. The lowest BCUT2D eigenvalue weighted by atomic mass is 10.3. The van der Waals surface area contributed by atoms with E-state index in [-0.39, 0.29) is 5.97 Å². The molecular formula is C11H9NO2S. The average Bonchev–Trinajstić information content (AvgIpc) is 2.84. The average molecular weight is 219 g/mol. The second kappa shape index (κ2) is 3.31. The van der Waals surface area contributed by atoms with E-state index in [1.54, 1.807) is 17.4 Å². The number of aliphatic imine (C=N–C) groups is 1. The van der Waals surface area contributed by atoms with E-state index in [9.17, 15) is 4.79 Å². The first-order valence-electron chi connectivity index (χ1n) is 4.89. The molecule has 2 aliphatic rings. The minimum absolute atomic E-state index is 0.315. The Balaban J connectivity index is 1.89. The van der Waals surface area contributed by atoms with Gasteiger partial charge in [-0.3, -0.25) is 0 Å². The first-order valence-corrected chi connectivity index (χ1v) is 5.77. The van der Waals surface area contributed by atoms with E-state index in [1.165, 1.54) is 0 Å². The topological polar surface area (TPSA) is 38.7 Å². The van der Waals surface area contributed by atoms with Crippen molar-refractivity contribution in [3.63, 3.8) is 0 Å². The fraction of sp³-hybridized carbons (Fsp3) is 0.273. The van der Waals surface area contributed by atoms with E-state index in [0.717, 1.165) is 17.7 Å². The molecule has 0 radical (unpaired) electrons. The van der Waals surface area contributed by atoms with Gasteiger partial charge in [-0.05, 0) is 30.4 Å². The molecule has 0 aromatic carbocycles. The van der Waals surface area contributed by atoms with Crippen molar-refractivity contribution in [3.05, 3.63) is 28.1 Å². The summed E-state index contributed by atoms with van der Waals surface area (Å²) >= 11 is 1.58. The van der Waals surface area contributed by atoms with Gasteiger partial charge in [-0.2, -0.15) is 0 Å². The van der Waals surface area contributed by atoms with E-state index in [0.29, 0.717) is 17.5 Å². The van der Waals surface area contributed by atoms with Crippen LogP contribution in [0.3, 0.4) is 0 Å². The lowest BCUT2D eigenvalue weighted by Gasteiger charge is -1.92. The van der Waals surface area contributed by atoms with Crippen LogP contribution in [0.2, 0.25) is 0 Å². The number of hydrogen-bond donors (Lipinski definition) is 0. The van der Waals surface area contributed by atoms with Crippen LogP contribution >= 0.6 is 11.3 Å². The third-order valence-electron chi connectivity index (χ3n) is 2.39. The number of esters is 1. The van der Waals surface area contributed by atoms with Crippen LogP contribution < -0.4 is 0 Å². The summed E-state index contributed by atoms with van der Waals surface area (Å²) in [5, 5.41) is 1.97. The number of ether oxygens (including phenoxy) is 1. The Hall–Kier alpha value is -1.42. The van der Waals surface area contributed by atoms with Gasteiger partial charge in [0.05, 0.1) is 0 Å². The van der Waals surface area contributed by atoms with Crippen molar-refractivity contribution in [1.82, 2.24) is 0 Å². The second-order valence-electron chi connectivity index (χ2n) is 3.66.